The van der Waals surface area contributed by atoms with Crippen LogP contribution >= 0.6 is 0 Å². The van der Waals surface area contributed by atoms with Gasteiger partial charge < -0.3 is 10.0 Å². The van der Waals surface area contributed by atoms with E-state index in [9.17, 15) is 0 Å². The van der Waals surface area contributed by atoms with Crippen LogP contribution in [-0.4, -0.2) is 28.2 Å². The molecular formula is C12H17N3O. The fourth-order valence-electron chi connectivity index (χ4n) is 3.06. The highest BCUT2D eigenvalue weighted by molar-refractivity contribution is 5.39. The molecule has 1 aromatic heterocycles. The van der Waals surface area contributed by atoms with E-state index in [2.05, 4.69) is 14.9 Å². The Morgan fingerprint density at radius 2 is 2.06 bits per heavy atom. The number of rotatable bonds is 2. The van der Waals surface area contributed by atoms with Crippen molar-refractivity contribution in [1.82, 2.24) is 9.97 Å². The van der Waals surface area contributed by atoms with E-state index in [0.29, 0.717) is 5.82 Å². The van der Waals surface area contributed by atoms with Gasteiger partial charge in [0.05, 0.1) is 0 Å². The van der Waals surface area contributed by atoms with Gasteiger partial charge in [-0.1, -0.05) is 6.42 Å². The Hall–Kier alpha value is -1.16. The maximum Gasteiger partial charge on any atom is 0.156 e. The van der Waals surface area contributed by atoms with Crippen LogP contribution in [0.3, 0.4) is 0 Å². The first-order valence-corrected chi connectivity index (χ1v) is 6.04. The molecule has 0 bridgehead atoms. The molecule has 4 nitrogen and oxygen atoms in total. The summed E-state index contributed by atoms with van der Waals surface area (Å²) in [5.74, 6) is 3.24. The Morgan fingerprint density at radius 3 is 2.75 bits per heavy atom. The van der Waals surface area contributed by atoms with Gasteiger partial charge in [-0.05, 0) is 30.7 Å². The molecule has 16 heavy (non-hydrogen) atoms. The number of aliphatic hydroxyl groups is 1. The summed E-state index contributed by atoms with van der Waals surface area (Å²) in [5, 5.41) is 9.02. The lowest BCUT2D eigenvalue weighted by atomic mass is 10.0. The molecule has 2 heterocycles. The fraction of sp³-hybridized carbons (Fsp3) is 0.667. The molecular weight excluding hydrogens is 202 g/mol. The first kappa shape index (κ1) is 10.0. The normalized spacial score (nSPS) is 28.4. The Morgan fingerprint density at radius 1 is 1.31 bits per heavy atom. The molecule has 86 valence electrons. The van der Waals surface area contributed by atoms with Crippen molar-refractivity contribution >= 4 is 5.82 Å². The van der Waals surface area contributed by atoms with E-state index in [1.807, 2.05) is 6.07 Å². The van der Waals surface area contributed by atoms with Crippen LogP contribution in [0.5, 0.6) is 0 Å². The highest BCUT2D eigenvalue weighted by atomic mass is 16.3. The molecule has 1 aliphatic carbocycles. The molecule has 2 atom stereocenters. The lowest BCUT2D eigenvalue weighted by molar-refractivity contribution is 0.271. The number of nitrogens with zero attached hydrogens (tertiary/aromatic N) is 3. The molecule has 0 amide bonds. The van der Waals surface area contributed by atoms with Crippen LogP contribution in [-0.2, 0) is 6.61 Å². The molecule has 2 unspecified atom stereocenters. The zero-order valence-corrected chi connectivity index (χ0v) is 9.34. The number of anilines is 1. The Labute approximate surface area is 95.3 Å². The van der Waals surface area contributed by atoms with E-state index < -0.39 is 0 Å². The van der Waals surface area contributed by atoms with Gasteiger partial charge in [-0.3, -0.25) is 0 Å². The summed E-state index contributed by atoms with van der Waals surface area (Å²) >= 11 is 0. The third kappa shape index (κ3) is 1.67. The van der Waals surface area contributed by atoms with Crippen LogP contribution in [0.15, 0.2) is 12.3 Å². The molecule has 2 fully saturated rings. The van der Waals surface area contributed by atoms with Crippen molar-refractivity contribution in [2.24, 2.45) is 11.8 Å². The minimum Gasteiger partial charge on any atom is -0.388 e. The van der Waals surface area contributed by atoms with Gasteiger partial charge in [0, 0.05) is 19.3 Å². The van der Waals surface area contributed by atoms with Gasteiger partial charge in [-0.2, -0.15) is 0 Å². The summed E-state index contributed by atoms with van der Waals surface area (Å²) in [5.41, 5.74) is 0. The number of hydrogen-bond acceptors (Lipinski definition) is 4. The van der Waals surface area contributed by atoms with Gasteiger partial charge in [-0.25, -0.2) is 9.97 Å². The maximum atomic E-state index is 9.02. The maximum absolute atomic E-state index is 9.02. The van der Waals surface area contributed by atoms with Gasteiger partial charge in [0.1, 0.15) is 12.4 Å². The molecule has 2 aliphatic rings. The second-order valence-electron chi connectivity index (χ2n) is 4.85. The summed E-state index contributed by atoms with van der Waals surface area (Å²) in [6.07, 6.45) is 5.88. The molecule has 0 aromatic carbocycles. The number of aromatic nitrogens is 2. The average molecular weight is 219 g/mol. The highest BCUT2D eigenvalue weighted by Gasteiger charge is 2.36. The van der Waals surface area contributed by atoms with E-state index in [1.54, 1.807) is 6.20 Å². The monoisotopic (exact) mass is 219 g/mol. The topological polar surface area (TPSA) is 49.3 Å². The van der Waals surface area contributed by atoms with Crippen molar-refractivity contribution in [3.8, 4) is 0 Å². The summed E-state index contributed by atoms with van der Waals surface area (Å²) in [6, 6.07) is 1.94. The molecule has 1 aliphatic heterocycles. The predicted molar refractivity (Wildman–Crippen MR) is 61.0 cm³/mol. The van der Waals surface area contributed by atoms with E-state index in [1.165, 1.54) is 19.3 Å². The largest absolute Gasteiger partial charge is 0.388 e. The summed E-state index contributed by atoms with van der Waals surface area (Å²) in [4.78, 5) is 10.7. The van der Waals surface area contributed by atoms with Crippen molar-refractivity contribution in [2.75, 3.05) is 18.0 Å². The molecule has 1 saturated heterocycles. The van der Waals surface area contributed by atoms with Crippen molar-refractivity contribution in [3.05, 3.63) is 18.1 Å². The van der Waals surface area contributed by atoms with Gasteiger partial charge >= 0.3 is 0 Å². The molecule has 0 radical (unpaired) electrons. The molecule has 1 saturated carbocycles. The third-order valence-electron chi connectivity index (χ3n) is 3.88. The summed E-state index contributed by atoms with van der Waals surface area (Å²) < 4.78 is 0. The van der Waals surface area contributed by atoms with E-state index in [0.717, 1.165) is 30.7 Å². The Kier molecular flexibility index (Phi) is 2.52. The molecule has 0 spiro atoms. The van der Waals surface area contributed by atoms with Crippen molar-refractivity contribution in [2.45, 2.75) is 25.9 Å². The molecule has 1 N–H and O–H groups in total. The molecule has 4 heteroatoms. The Bertz CT molecular complexity index is 370. The quantitative estimate of drug-likeness (QED) is 0.812. The van der Waals surface area contributed by atoms with Crippen LogP contribution in [0.25, 0.3) is 0 Å². The van der Waals surface area contributed by atoms with Gasteiger partial charge in [0.25, 0.3) is 0 Å². The van der Waals surface area contributed by atoms with Crippen molar-refractivity contribution in [3.63, 3.8) is 0 Å². The summed E-state index contributed by atoms with van der Waals surface area (Å²) in [7, 11) is 0. The van der Waals surface area contributed by atoms with Gasteiger partial charge in [0.2, 0.25) is 0 Å². The lowest BCUT2D eigenvalue weighted by Crippen LogP contribution is -2.22. The third-order valence-corrected chi connectivity index (χ3v) is 3.88. The number of aliphatic hydroxyl groups excluding tert-OH is 1. The van der Waals surface area contributed by atoms with E-state index in [4.69, 9.17) is 5.11 Å². The van der Waals surface area contributed by atoms with E-state index >= 15 is 0 Å². The lowest BCUT2D eigenvalue weighted by Gasteiger charge is -2.18. The predicted octanol–water partition coefficient (Wildman–Crippen LogP) is 1.21. The average Bonchev–Trinajstić information content (AvgIpc) is 2.89. The zero-order valence-electron chi connectivity index (χ0n) is 9.34. The SMILES string of the molecule is OCc1nccc(N2CC3CCCC3C2)n1. The van der Waals surface area contributed by atoms with Gasteiger partial charge in [-0.15, -0.1) is 0 Å². The van der Waals surface area contributed by atoms with Crippen LogP contribution in [0.4, 0.5) is 5.82 Å². The fourth-order valence-corrected chi connectivity index (χ4v) is 3.06. The second kappa shape index (κ2) is 4.01. The minimum absolute atomic E-state index is 0.0749. The van der Waals surface area contributed by atoms with Gasteiger partial charge in [0.15, 0.2) is 5.82 Å². The molecule has 1 aromatic rings. The summed E-state index contributed by atoms with van der Waals surface area (Å²) in [6.45, 7) is 2.19. The van der Waals surface area contributed by atoms with Crippen LogP contribution < -0.4 is 4.90 Å². The number of hydrogen-bond donors (Lipinski definition) is 1. The van der Waals surface area contributed by atoms with E-state index in [-0.39, 0.29) is 6.61 Å². The Balaban J connectivity index is 1.78. The van der Waals surface area contributed by atoms with Crippen molar-refractivity contribution in [1.29, 1.82) is 0 Å². The minimum atomic E-state index is -0.0749. The zero-order chi connectivity index (χ0) is 11.0. The first-order valence-electron chi connectivity index (χ1n) is 6.04. The van der Waals surface area contributed by atoms with Crippen LogP contribution in [0.2, 0.25) is 0 Å². The smallest absolute Gasteiger partial charge is 0.156 e. The standard InChI is InChI=1S/C12H17N3O/c16-8-11-13-5-4-12(14-11)15-6-9-2-1-3-10(9)7-15/h4-5,9-10,16H,1-3,6-8H2. The van der Waals surface area contributed by atoms with Crippen LogP contribution in [0, 0.1) is 11.8 Å². The van der Waals surface area contributed by atoms with Crippen molar-refractivity contribution < 1.29 is 5.11 Å². The highest BCUT2D eigenvalue weighted by Crippen LogP contribution is 2.38. The number of fused-ring (bicyclic) bond motifs is 1. The molecule has 3 rings (SSSR count). The first-order chi connectivity index (χ1) is 7.86. The second-order valence-corrected chi connectivity index (χ2v) is 4.85. The van der Waals surface area contributed by atoms with Crippen LogP contribution in [0.1, 0.15) is 25.1 Å².